The number of nitrogens with one attached hydrogen (secondary N) is 1. The van der Waals surface area contributed by atoms with E-state index in [-0.39, 0.29) is 0 Å². The summed E-state index contributed by atoms with van der Waals surface area (Å²) in [4.78, 5) is 11.7. The fraction of sp³-hybridized carbons (Fsp3) is 0.765. The second-order valence-electron chi connectivity index (χ2n) is 5.80. The Bertz CT molecular complexity index is 404. The van der Waals surface area contributed by atoms with Crippen LogP contribution in [0.3, 0.4) is 0 Å². The number of unbranched alkanes of at least 4 members (excludes halogenated alkanes) is 2. The molecule has 1 aromatic heterocycles. The van der Waals surface area contributed by atoms with Crippen LogP contribution >= 0.6 is 0 Å². The monoisotopic (exact) mass is 292 g/mol. The number of hydrogen-bond donors (Lipinski definition) is 1. The lowest BCUT2D eigenvalue weighted by Gasteiger charge is -2.28. The van der Waals surface area contributed by atoms with Crippen molar-refractivity contribution in [2.75, 3.05) is 23.3 Å². The molecule has 4 nitrogen and oxygen atoms in total. The van der Waals surface area contributed by atoms with Crippen LogP contribution in [0.5, 0.6) is 0 Å². The summed E-state index contributed by atoms with van der Waals surface area (Å²) in [5, 5.41) is 3.39. The van der Waals surface area contributed by atoms with Crippen LogP contribution in [0, 0.1) is 0 Å². The molecular weight excluding hydrogens is 260 g/mol. The summed E-state index contributed by atoms with van der Waals surface area (Å²) < 4.78 is 0. The average molecular weight is 292 g/mol. The van der Waals surface area contributed by atoms with Gasteiger partial charge < -0.3 is 10.2 Å². The molecule has 0 aromatic carbocycles. The van der Waals surface area contributed by atoms with Crippen molar-refractivity contribution in [2.45, 2.75) is 72.8 Å². The molecule has 0 atom stereocenters. The quantitative estimate of drug-likeness (QED) is 0.654. The Balaban J connectivity index is 2.93. The second-order valence-corrected chi connectivity index (χ2v) is 5.80. The van der Waals surface area contributed by atoms with Gasteiger partial charge in [-0.05, 0) is 26.7 Å². The lowest BCUT2D eigenvalue weighted by atomic mass is 10.2. The molecule has 0 unspecified atom stereocenters. The minimum absolute atomic E-state index is 0.459. The van der Waals surface area contributed by atoms with Gasteiger partial charge in [0.25, 0.3) is 0 Å². The third-order valence-corrected chi connectivity index (χ3v) is 3.55. The Morgan fingerprint density at radius 2 is 1.86 bits per heavy atom. The molecule has 0 aliphatic heterocycles. The number of rotatable bonds is 10. The van der Waals surface area contributed by atoms with Crippen molar-refractivity contribution in [2.24, 2.45) is 0 Å². The first-order chi connectivity index (χ1) is 10.1. The molecule has 1 N–H and O–H groups in total. The van der Waals surface area contributed by atoms with Crippen LogP contribution in [0.2, 0.25) is 0 Å². The molecular formula is C17H32N4. The molecule has 0 saturated carbocycles. The van der Waals surface area contributed by atoms with Crippen LogP contribution in [-0.4, -0.2) is 29.1 Å². The van der Waals surface area contributed by atoms with Gasteiger partial charge in [-0.2, -0.15) is 0 Å². The van der Waals surface area contributed by atoms with Gasteiger partial charge >= 0.3 is 0 Å². The summed E-state index contributed by atoms with van der Waals surface area (Å²) in [7, 11) is 0. The Kier molecular flexibility index (Phi) is 8.09. The predicted molar refractivity (Wildman–Crippen MR) is 92.2 cm³/mol. The van der Waals surface area contributed by atoms with Crippen LogP contribution in [0.4, 0.5) is 11.6 Å². The summed E-state index contributed by atoms with van der Waals surface area (Å²) in [6.07, 6.45) is 5.72. The molecule has 21 heavy (non-hydrogen) atoms. The molecule has 120 valence electrons. The van der Waals surface area contributed by atoms with Crippen molar-refractivity contribution in [1.82, 2.24) is 9.97 Å². The first kappa shape index (κ1) is 17.7. The molecule has 0 saturated heterocycles. The van der Waals surface area contributed by atoms with E-state index in [1.165, 1.54) is 19.3 Å². The number of aryl methyl sites for hydroxylation is 1. The zero-order valence-electron chi connectivity index (χ0n) is 14.4. The normalized spacial score (nSPS) is 11.0. The van der Waals surface area contributed by atoms with E-state index in [0.717, 1.165) is 43.4 Å². The predicted octanol–water partition coefficient (Wildman–Crippen LogP) is 4.27. The maximum absolute atomic E-state index is 4.74. The maximum Gasteiger partial charge on any atom is 0.134 e. The van der Waals surface area contributed by atoms with Crippen molar-refractivity contribution in [1.29, 1.82) is 0 Å². The van der Waals surface area contributed by atoms with Gasteiger partial charge in [-0.25, -0.2) is 9.97 Å². The molecule has 0 amide bonds. The van der Waals surface area contributed by atoms with E-state index in [4.69, 9.17) is 4.98 Å². The fourth-order valence-corrected chi connectivity index (χ4v) is 2.30. The largest absolute Gasteiger partial charge is 0.370 e. The zero-order chi connectivity index (χ0) is 15.7. The third kappa shape index (κ3) is 5.90. The summed E-state index contributed by atoms with van der Waals surface area (Å²) in [6.45, 7) is 13.0. The average Bonchev–Trinajstić information content (AvgIpc) is 2.48. The summed E-state index contributed by atoms with van der Waals surface area (Å²) in [5.41, 5.74) is 0. The van der Waals surface area contributed by atoms with Gasteiger partial charge in [-0.15, -0.1) is 0 Å². The van der Waals surface area contributed by atoms with Crippen LogP contribution in [0.15, 0.2) is 6.07 Å². The molecule has 1 rings (SSSR count). The Morgan fingerprint density at radius 1 is 1.10 bits per heavy atom. The van der Waals surface area contributed by atoms with E-state index < -0.39 is 0 Å². The van der Waals surface area contributed by atoms with Crippen LogP contribution in [0.1, 0.15) is 66.1 Å². The number of anilines is 2. The molecule has 1 heterocycles. The summed E-state index contributed by atoms with van der Waals surface area (Å²) in [6, 6.07) is 2.56. The standard InChI is InChI=1S/C17H32N4/c1-6-9-10-12-21(14(4)5)17-13-16(18-11-7-2)19-15(8-3)20-17/h13-14H,6-12H2,1-5H3,(H,18,19,20). The molecule has 0 spiro atoms. The van der Waals surface area contributed by atoms with Crippen LogP contribution in [0.25, 0.3) is 0 Å². The molecule has 0 bridgehead atoms. The minimum atomic E-state index is 0.459. The highest BCUT2D eigenvalue weighted by Crippen LogP contribution is 2.19. The first-order valence-corrected chi connectivity index (χ1v) is 8.50. The first-order valence-electron chi connectivity index (χ1n) is 8.50. The van der Waals surface area contributed by atoms with Crippen LogP contribution < -0.4 is 10.2 Å². The van der Waals surface area contributed by atoms with Gasteiger partial charge in [0, 0.05) is 31.6 Å². The van der Waals surface area contributed by atoms with Crippen LogP contribution in [-0.2, 0) is 6.42 Å². The summed E-state index contributed by atoms with van der Waals surface area (Å²) >= 11 is 0. The lowest BCUT2D eigenvalue weighted by molar-refractivity contribution is 0.617. The van der Waals surface area contributed by atoms with Crippen molar-refractivity contribution in [3.05, 3.63) is 11.9 Å². The highest BCUT2D eigenvalue weighted by molar-refractivity contribution is 5.50. The minimum Gasteiger partial charge on any atom is -0.370 e. The fourth-order valence-electron chi connectivity index (χ4n) is 2.30. The van der Waals surface area contributed by atoms with Crippen molar-refractivity contribution in [3.63, 3.8) is 0 Å². The van der Waals surface area contributed by atoms with Gasteiger partial charge in [0.1, 0.15) is 17.5 Å². The van der Waals surface area contributed by atoms with E-state index >= 15 is 0 Å². The number of aromatic nitrogens is 2. The lowest BCUT2D eigenvalue weighted by Crippen LogP contribution is -2.33. The second kappa shape index (κ2) is 9.59. The van der Waals surface area contributed by atoms with E-state index in [1.54, 1.807) is 0 Å². The molecule has 0 fully saturated rings. The van der Waals surface area contributed by atoms with E-state index in [0.29, 0.717) is 6.04 Å². The Hall–Kier alpha value is -1.32. The van der Waals surface area contributed by atoms with Crippen molar-refractivity contribution >= 4 is 11.6 Å². The molecule has 0 radical (unpaired) electrons. The van der Waals surface area contributed by atoms with Gasteiger partial charge in [0.05, 0.1) is 0 Å². The van der Waals surface area contributed by atoms with Gasteiger partial charge in [-0.3, -0.25) is 0 Å². The zero-order valence-corrected chi connectivity index (χ0v) is 14.4. The highest BCUT2D eigenvalue weighted by atomic mass is 15.2. The smallest absolute Gasteiger partial charge is 0.134 e. The molecule has 0 aliphatic carbocycles. The number of nitrogens with zero attached hydrogens (tertiary/aromatic N) is 3. The van der Waals surface area contributed by atoms with Gasteiger partial charge in [0.2, 0.25) is 0 Å². The topological polar surface area (TPSA) is 41.0 Å². The Labute approximate surface area is 130 Å². The van der Waals surface area contributed by atoms with Crippen molar-refractivity contribution < 1.29 is 0 Å². The SMILES string of the molecule is CCCCCN(c1cc(NCCC)nc(CC)n1)C(C)C. The van der Waals surface area contributed by atoms with Gasteiger partial charge in [0.15, 0.2) is 0 Å². The highest BCUT2D eigenvalue weighted by Gasteiger charge is 2.14. The summed E-state index contributed by atoms with van der Waals surface area (Å²) in [5.74, 6) is 2.94. The number of hydrogen-bond acceptors (Lipinski definition) is 4. The maximum atomic E-state index is 4.74. The van der Waals surface area contributed by atoms with E-state index in [9.17, 15) is 0 Å². The Morgan fingerprint density at radius 3 is 2.43 bits per heavy atom. The molecule has 0 aliphatic rings. The van der Waals surface area contributed by atoms with Crippen molar-refractivity contribution in [3.8, 4) is 0 Å². The van der Waals surface area contributed by atoms with E-state index in [1.807, 2.05) is 0 Å². The third-order valence-electron chi connectivity index (χ3n) is 3.55. The molecule has 1 aromatic rings. The molecule has 4 heteroatoms. The van der Waals surface area contributed by atoms with Gasteiger partial charge in [-0.1, -0.05) is 33.6 Å². The van der Waals surface area contributed by atoms with E-state index in [2.05, 4.69) is 55.9 Å².